The maximum atomic E-state index is 13.3. The minimum atomic E-state index is -0.416. The van der Waals surface area contributed by atoms with Crippen LogP contribution in [0.1, 0.15) is 51.6 Å². The van der Waals surface area contributed by atoms with Gasteiger partial charge in [0.15, 0.2) is 23.2 Å². The number of hydrogen-bond acceptors (Lipinski definition) is 8. The number of carbonyl (C=O) groups is 3. The normalized spacial score (nSPS) is 12.4. The molecule has 0 aliphatic heterocycles. The molecule has 0 spiro atoms. The lowest BCUT2D eigenvalue weighted by Gasteiger charge is -2.26. The first-order valence-electron chi connectivity index (χ1n) is 9.34. The molecular weight excluding hydrogens is 376 g/mol. The second kappa shape index (κ2) is 8.89. The largest absolute Gasteiger partial charge is 0.396 e. The van der Waals surface area contributed by atoms with Gasteiger partial charge in [-0.1, -0.05) is 24.3 Å². The number of nitrogens with one attached hydrogen (secondary N) is 1. The zero-order chi connectivity index (χ0) is 21.0. The van der Waals surface area contributed by atoms with Crippen LogP contribution in [0, 0.1) is 0 Å². The number of aliphatic hydroxyl groups excluding tert-OH is 2. The smallest absolute Gasteiger partial charge is 0.225 e. The number of aliphatic hydroxyl groups is 2. The molecule has 0 fully saturated rings. The van der Waals surface area contributed by atoms with Gasteiger partial charge in [-0.3, -0.25) is 19.3 Å². The standard InChI is InChI=1S/C20H22N4O5/c1-12(27)24(9-5-11-26)20-16-15(19(22-23-20)21-8-4-10-25)17(28)13-6-2-3-7-14(13)18(16)29/h2-3,6-7,25-26H,4-5,8-11H2,1H3,(H,21,22). The van der Waals surface area contributed by atoms with Crippen LogP contribution in [0.4, 0.5) is 11.6 Å². The Morgan fingerprint density at radius 3 is 2.21 bits per heavy atom. The Morgan fingerprint density at radius 2 is 1.62 bits per heavy atom. The third kappa shape index (κ3) is 3.87. The third-order valence-corrected chi connectivity index (χ3v) is 4.63. The number of rotatable bonds is 8. The van der Waals surface area contributed by atoms with E-state index in [2.05, 4.69) is 15.5 Å². The number of aromatic nitrogens is 2. The van der Waals surface area contributed by atoms with E-state index >= 15 is 0 Å². The van der Waals surface area contributed by atoms with Crippen LogP contribution in [0.2, 0.25) is 0 Å². The van der Waals surface area contributed by atoms with Crippen LogP contribution >= 0.6 is 0 Å². The molecule has 1 heterocycles. The minimum Gasteiger partial charge on any atom is -0.396 e. The number of nitrogens with zero attached hydrogens (tertiary/aromatic N) is 3. The minimum absolute atomic E-state index is 0.00140. The molecule has 152 valence electrons. The van der Waals surface area contributed by atoms with Crippen LogP contribution in [0.15, 0.2) is 24.3 Å². The average Bonchev–Trinajstić information content (AvgIpc) is 2.72. The quantitative estimate of drug-likeness (QED) is 0.474. The molecule has 0 bridgehead atoms. The Kier molecular flexibility index (Phi) is 6.30. The Bertz CT molecular complexity index is 960. The Labute approximate surface area is 167 Å². The van der Waals surface area contributed by atoms with Crippen molar-refractivity contribution in [3.8, 4) is 0 Å². The van der Waals surface area contributed by atoms with E-state index in [1.807, 2.05) is 0 Å². The SMILES string of the molecule is CC(=O)N(CCCO)c1nnc(NCCCO)c2c1C(=O)c1ccccc1C2=O. The van der Waals surface area contributed by atoms with Gasteiger partial charge in [-0.05, 0) is 12.8 Å². The van der Waals surface area contributed by atoms with Crippen molar-refractivity contribution in [3.63, 3.8) is 0 Å². The number of benzene rings is 1. The lowest BCUT2D eigenvalue weighted by Crippen LogP contribution is -2.35. The number of ketones is 2. The third-order valence-electron chi connectivity index (χ3n) is 4.63. The molecule has 0 atom stereocenters. The summed E-state index contributed by atoms with van der Waals surface area (Å²) < 4.78 is 0. The molecule has 1 aromatic heterocycles. The van der Waals surface area contributed by atoms with Gasteiger partial charge in [-0.2, -0.15) is 0 Å². The molecule has 1 aliphatic carbocycles. The first kappa shape index (κ1) is 20.6. The molecule has 0 saturated heterocycles. The summed E-state index contributed by atoms with van der Waals surface area (Å²) in [6.07, 6.45) is 0.707. The van der Waals surface area contributed by atoms with E-state index in [4.69, 9.17) is 10.2 Å². The van der Waals surface area contributed by atoms with Crippen LogP contribution in [0.25, 0.3) is 0 Å². The van der Waals surface area contributed by atoms with E-state index < -0.39 is 5.78 Å². The highest BCUT2D eigenvalue weighted by Crippen LogP contribution is 2.35. The van der Waals surface area contributed by atoms with E-state index in [0.29, 0.717) is 13.0 Å². The molecule has 29 heavy (non-hydrogen) atoms. The summed E-state index contributed by atoms with van der Waals surface area (Å²) in [4.78, 5) is 39.9. The molecule has 3 N–H and O–H groups in total. The van der Waals surface area contributed by atoms with Crippen LogP contribution in [-0.4, -0.2) is 64.2 Å². The summed E-state index contributed by atoms with van der Waals surface area (Å²) >= 11 is 0. The summed E-state index contributed by atoms with van der Waals surface area (Å²) in [6.45, 7) is 1.60. The summed E-state index contributed by atoms with van der Waals surface area (Å²) in [6, 6.07) is 6.47. The van der Waals surface area contributed by atoms with Gasteiger partial charge in [0.05, 0.1) is 11.1 Å². The fourth-order valence-electron chi connectivity index (χ4n) is 3.25. The van der Waals surface area contributed by atoms with Crippen LogP contribution in [0.3, 0.4) is 0 Å². The molecule has 0 radical (unpaired) electrons. The first-order valence-corrected chi connectivity index (χ1v) is 9.34. The van der Waals surface area contributed by atoms with Crippen molar-refractivity contribution < 1.29 is 24.6 Å². The number of carbonyl (C=O) groups excluding carboxylic acids is 3. The van der Waals surface area contributed by atoms with Crippen molar-refractivity contribution in [2.45, 2.75) is 19.8 Å². The van der Waals surface area contributed by atoms with E-state index in [1.54, 1.807) is 24.3 Å². The summed E-state index contributed by atoms with van der Waals surface area (Å²) in [5.74, 6) is -1.05. The highest BCUT2D eigenvalue weighted by molar-refractivity contribution is 6.31. The predicted octanol–water partition coefficient (Wildman–Crippen LogP) is 0.782. The first-order chi connectivity index (χ1) is 14.0. The van der Waals surface area contributed by atoms with E-state index in [0.717, 1.165) is 0 Å². The topological polar surface area (TPSA) is 133 Å². The molecule has 0 unspecified atom stereocenters. The maximum Gasteiger partial charge on any atom is 0.225 e. The number of amides is 1. The fraction of sp³-hybridized carbons (Fsp3) is 0.350. The van der Waals surface area contributed by atoms with Crippen molar-refractivity contribution in [2.24, 2.45) is 0 Å². The summed E-state index contributed by atoms with van der Waals surface area (Å²) in [5, 5.41) is 29.2. The van der Waals surface area contributed by atoms with Gasteiger partial charge < -0.3 is 15.5 Å². The molecule has 9 nitrogen and oxygen atoms in total. The molecule has 1 aliphatic rings. The van der Waals surface area contributed by atoms with Gasteiger partial charge in [0, 0.05) is 44.4 Å². The highest BCUT2D eigenvalue weighted by atomic mass is 16.3. The van der Waals surface area contributed by atoms with Crippen LogP contribution in [0.5, 0.6) is 0 Å². The van der Waals surface area contributed by atoms with Gasteiger partial charge in [0.2, 0.25) is 5.91 Å². The van der Waals surface area contributed by atoms with Crippen LogP contribution < -0.4 is 10.2 Å². The van der Waals surface area contributed by atoms with Crippen molar-refractivity contribution >= 4 is 29.1 Å². The lowest BCUT2D eigenvalue weighted by molar-refractivity contribution is -0.116. The van der Waals surface area contributed by atoms with Gasteiger partial charge in [0.1, 0.15) is 0 Å². The average molecular weight is 398 g/mol. The Morgan fingerprint density at radius 1 is 1.00 bits per heavy atom. The van der Waals surface area contributed by atoms with Crippen molar-refractivity contribution in [1.29, 1.82) is 0 Å². The van der Waals surface area contributed by atoms with E-state index in [1.165, 1.54) is 11.8 Å². The summed E-state index contributed by atoms with van der Waals surface area (Å²) in [5.41, 5.74) is 0.584. The molecule has 2 aromatic rings. The monoisotopic (exact) mass is 398 g/mol. The molecule has 9 heteroatoms. The fourth-order valence-corrected chi connectivity index (χ4v) is 3.25. The number of anilines is 2. The van der Waals surface area contributed by atoms with Crippen molar-refractivity contribution in [3.05, 3.63) is 46.5 Å². The number of hydrogen-bond donors (Lipinski definition) is 3. The van der Waals surface area contributed by atoms with E-state index in [9.17, 15) is 14.4 Å². The Hall–Kier alpha value is -3.17. The van der Waals surface area contributed by atoms with Gasteiger partial charge in [-0.15, -0.1) is 10.2 Å². The zero-order valence-electron chi connectivity index (χ0n) is 16.0. The number of fused-ring (bicyclic) bond motifs is 2. The van der Waals surface area contributed by atoms with E-state index in [-0.39, 0.29) is 71.8 Å². The molecular formula is C20H22N4O5. The van der Waals surface area contributed by atoms with Crippen molar-refractivity contribution in [2.75, 3.05) is 36.5 Å². The van der Waals surface area contributed by atoms with Gasteiger partial charge >= 0.3 is 0 Å². The Balaban J connectivity index is 2.19. The molecule has 3 rings (SSSR count). The van der Waals surface area contributed by atoms with Gasteiger partial charge in [0.25, 0.3) is 0 Å². The second-order valence-corrected chi connectivity index (χ2v) is 6.58. The predicted molar refractivity (Wildman–Crippen MR) is 105 cm³/mol. The highest BCUT2D eigenvalue weighted by Gasteiger charge is 2.37. The van der Waals surface area contributed by atoms with Gasteiger partial charge in [-0.25, -0.2) is 0 Å². The lowest BCUT2D eigenvalue weighted by atomic mass is 9.84. The summed E-state index contributed by atoms with van der Waals surface area (Å²) in [7, 11) is 0. The zero-order valence-corrected chi connectivity index (χ0v) is 16.0. The molecule has 1 aromatic carbocycles. The molecule has 1 amide bonds. The second-order valence-electron chi connectivity index (χ2n) is 6.58. The van der Waals surface area contributed by atoms with Crippen molar-refractivity contribution in [1.82, 2.24) is 10.2 Å². The maximum absolute atomic E-state index is 13.3. The van der Waals surface area contributed by atoms with Crippen LogP contribution in [-0.2, 0) is 4.79 Å². The molecule has 0 saturated carbocycles.